The predicted molar refractivity (Wildman–Crippen MR) is 78.7 cm³/mol. The SMILES string of the molecule is CC(N)c1ccc(Br)cc1N1CCC(O)C(C)C1. The minimum absolute atomic E-state index is 0.0234. The fourth-order valence-corrected chi connectivity index (χ4v) is 2.88. The fraction of sp³-hybridized carbons (Fsp3) is 0.571. The molecule has 4 heteroatoms. The standard InChI is InChI=1S/C14H21BrN2O/c1-9-8-17(6-5-14(9)18)13-7-11(15)3-4-12(13)10(2)16/h3-4,7,9-10,14,18H,5-6,8,16H2,1-2H3. The molecule has 1 aromatic carbocycles. The van der Waals surface area contributed by atoms with Crippen molar-refractivity contribution in [3.05, 3.63) is 28.2 Å². The third-order valence-electron chi connectivity index (χ3n) is 3.68. The highest BCUT2D eigenvalue weighted by molar-refractivity contribution is 9.10. The maximum absolute atomic E-state index is 9.81. The van der Waals surface area contributed by atoms with Gasteiger partial charge in [0.2, 0.25) is 0 Å². The van der Waals surface area contributed by atoms with E-state index in [9.17, 15) is 5.11 Å². The van der Waals surface area contributed by atoms with Crippen molar-refractivity contribution in [1.82, 2.24) is 0 Å². The lowest BCUT2D eigenvalue weighted by Gasteiger charge is -2.37. The molecule has 2 rings (SSSR count). The second kappa shape index (κ2) is 5.59. The number of anilines is 1. The molecule has 1 aromatic rings. The minimum atomic E-state index is -0.174. The van der Waals surface area contributed by atoms with Gasteiger partial charge in [0.05, 0.1) is 6.10 Å². The molecule has 1 aliphatic heterocycles. The van der Waals surface area contributed by atoms with E-state index in [1.165, 1.54) is 11.3 Å². The van der Waals surface area contributed by atoms with E-state index in [1.54, 1.807) is 0 Å². The van der Waals surface area contributed by atoms with Crippen LogP contribution >= 0.6 is 15.9 Å². The first-order valence-electron chi connectivity index (χ1n) is 6.47. The van der Waals surface area contributed by atoms with Gasteiger partial charge in [-0.25, -0.2) is 0 Å². The molecule has 0 spiro atoms. The van der Waals surface area contributed by atoms with Crippen LogP contribution in [0.15, 0.2) is 22.7 Å². The molecule has 0 aromatic heterocycles. The quantitative estimate of drug-likeness (QED) is 0.882. The Balaban J connectivity index is 2.29. The second-order valence-corrected chi connectivity index (χ2v) is 6.19. The minimum Gasteiger partial charge on any atom is -0.393 e. The van der Waals surface area contributed by atoms with Crippen LogP contribution in [0.3, 0.4) is 0 Å². The van der Waals surface area contributed by atoms with Crippen LogP contribution in [0.25, 0.3) is 0 Å². The molecule has 1 heterocycles. The number of aliphatic hydroxyl groups excluding tert-OH is 1. The normalized spacial score (nSPS) is 26.2. The van der Waals surface area contributed by atoms with E-state index in [4.69, 9.17) is 5.73 Å². The van der Waals surface area contributed by atoms with Gasteiger partial charge in [-0.3, -0.25) is 0 Å². The van der Waals surface area contributed by atoms with Crippen LogP contribution < -0.4 is 10.6 Å². The van der Waals surface area contributed by atoms with Crippen LogP contribution in [0.5, 0.6) is 0 Å². The van der Waals surface area contributed by atoms with Gasteiger partial charge in [-0.15, -0.1) is 0 Å². The number of hydrogen-bond acceptors (Lipinski definition) is 3. The molecule has 0 amide bonds. The lowest BCUT2D eigenvalue weighted by Crippen LogP contribution is -2.42. The highest BCUT2D eigenvalue weighted by Gasteiger charge is 2.26. The average molecular weight is 313 g/mol. The Hall–Kier alpha value is -0.580. The molecule has 1 fully saturated rings. The first kappa shape index (κ1) is 13.8. The maximum Gasteiger partial charge on any atom is 0.0599 e. The van der Waals surface area contributed by atoms with Crippen LogP contribution in [0, 0.1) is 5.92 Å². The van der Waals surface area contributed by atoms with E-state index in [1.807, 2.05) is 13.0 Å². The van der Waals surface area contributed by atoms with Crippen LogP contribution in [-0.4, -0.2) is 24.3 Å². The van der Waals surface area contributed by atoms with Gasteiger partial charge in [-0.2, -0.15) is 0 Å². The van der Waals surface area contributed by atoms with Gasteiger partial charge >= 0.3 is 0 Å². The monoisotopic (exact) mass is 312 g/mol. The Labute approximate surface area is 117 Å². The van der Waals surface area contributed by atoms with Crippen LogP contribution in [0.2, 0.25) is 0 Å². The number of nitrogens with two attached hydrogens (primary N) is 1. The zero-order valence-electron chi connectivity index (χ0n) is 10.9. The lowest BCUT2D eigenvalue weighted by molar-refractivity contribution is 0.0970. The van der Waals surface area contributed by atoms with E-state index >= 15 is 0 Å². The van der Waals surface area contributed by atoms with Gasteiger partial charge in [0.1, 0.15) is 0 Å². The smallest absolute Gasteiger partial charge is 0.0599 e. The molecular weight excluding hydrogens is 292 g/mol. The van der Waals surface area contributed by atoms with E-state index in [-0.39, 0.29) is 12.1 Å². The van der Waals surface area contributed by atoms with Crippen molar-refractivity contribution in [2.24, 2.45) is 11.7 Å². The molecule has 1 saturated heterocycles. The molecule has 0 bridgehead atoms. The number of piperidine rings is 1. The largest absolute Gasteiger partial charge is 0.393 e. The number of hydrogen-bond donors (Lipinski definition) is 2. The van der Waals surface area contributed by atoms with Crippen molar-refractivity contribution in [3.63, 3.8) is 0 Å². The van der Waals surface area contributed by atoms with Gasteiger partial charge in [0.25, 0.3) is 0 Å². The highest BCUT2D eigenvalue weighted by Crippen LogP contribution is 2.31. The Kier molecular flexibility index (Phi) is 4.30. The first-order valence-corrected chi connectivity index (χ1v) is 7.26. The third-order valence-corrected chi connectivity index (χ3v) is 4.18. The summed E-state index contributed by atoms with van der Waals surface area (Å²) in [5, 5.41) is 9.81. The van der Waals surface area contributed by atoms with Crippen LogP contribution in [0.1, 0.15) is 31.9 Å². The van der Waals surface area contributed by atoms with E-state index in [0.29, 0.717) is 5.92 Å². The van der Waals surface area contributed by atoms with Crippen molar-refractivity contribution in [1.29, 1.82) is 0 Å². The number of rotatable bonds is 2. The Morgan fingerprint density at radius 1 is 1.50 bits per heavy atom. The van der Waals surface area contributed by atoms with Gasteiger partial charge in [0.15, 0.2) is 0 Å². The van der Waals surface area contributed by atoms with Gasteiger partial charge < -0.3 is 15.7 Å². The molecule has 0 saturated carbocycles. The zero-order valence-corrected chi connectivity index (χ0v) is 12.5. The van der Waals surface area contributed by atoms with Gasteiger partial charge in [0, 0.05) is 29.3 Å². The number of aliphatic hydroxyl groups is 1. The number of nitrogens with zero attached hydrogens (tertiary/aromatic N) is 1. The lowest BCUT2D eigenvalue weighted by atomic mass is 9.95. The highest BCUT2D eigenvalue weighted by atomic mass is 79.9. The fourth-order valence-electron chi connectivity index (χ4n) is 2.53. The van der Waals surface area contributed by atoms with E-state index in [2.05, 4.69) is 39.9 Å². The molecule has 18 heavy (non-hydrogen) atoms. The molecule has 0 aliphatic carbocycles. The molecule has 3 unspecified atom stereocenters. The predicted octanol–water partition coefficient (Wildman–Crippen LogP) is 2.68. The molecule has 3 atom stereocenters. The molecule has 1 aliphatic rings. The summed E-state index contributed by atoms with van der Waals surface area (Å²) < 4.78 is 1.07. The summed E-state index contributed by atoms with van der Waals surface area (Å²) in [7, 11) is 0. The molecular formula is C14H21BrN2O. The van der Waals surface area contributed by atoms with Gasteiger partial charge in [-0.05, 0) is 37.0 Å². The summed E-state index contributed by atoms with van der Waals surface area (Å²) in [5.41, 5.74) is 8.40. The molecule has 0 radical (unpaired) electrons. The first-order chi connectivity index (χ1) is 8.49. The van der Waals surface area contributed by atoms with Crippen molar-refractivity contribution >= 4 is 21.6 Å². The topological polar surface area (TPSA) is 49.5 Å². The second-order valence-electron chi connectivity index (χ2n) is 5.27. The molecule has 3 nitrogen and oxygen atoms in total. The van der Waals surface area contributed by atoms with Crippen molar-refractivity contribution in [3.8, 4) is 0 Å². The molecule has 100 valence electrons. The summed E-state index contributed by atoms with van der Waals surface area (Å²) >= 11 is 3.52. The average Bonchev–Trinajstić information content (AvgIpc) is 2.32. The zero-order chi connectivity index (χ0) is 13.3. The van der Waals surface area contributed by atoms with Crippen molar-refractivity contribution in [2.45, 2.75) is 32.4 Å². The number of halogens is 1. The van der Waals surface area contributed by atoms with Crippen LogP contribution in [0.4, 0.5) is 5.69 Å². The van der Waals surface area contributed by atoms with E-state index < -0.39 is 0 Å². The third kappa shape index (κ3) is 2.87. The Morgan fingerprint density at radius 2 is 2.22 bits per heavy atom. The van der Waals surface area contributed by atoms with Crippen LogP contribution in [-0.2, 0) is 0 Å². The maximum atomic E-state index is 9.81. The summed E-state index contributed by atoms with van der Waals surface area (Å²) in [5.74, 6) is 0.304. The molecule has 3 N–H and O–H groups in total. The summed E-state index contributed by atoms with van der Waals surface area (Å²) in [6, 6.07) is 6.27. The summed E-state index contributed by atoms with van der Waals surface area (Å²) in [6.45, 7) is 5.88. The Morgan fingerprint density at radius 3 is 2.83 bits per heavy atom. The Bertz CT molecular complexity index is 422. The van der Waals surface area contributed by atoms with Crippen molar-refractivity contribution < 1.29 is 5.11 Å². The van der Waals surface area contributed by atoms with E-state index in [0.717, 1.165) is 24.0 Å². The number of benzene rings is 1. The summed E-state index contributed by atoms with van der Waals surface area (Å²) in [6.07, 6.45) is 0.652. The summed E-state index contributed by atoms with van der Waals surface area (Å²) in [4.78, 5) is 2.33. The van der Waals surface area contributed by atoms with Crippen molar-refractivity contribution in [2.75, 3.05) is 18.0 Å². The van der Waals surface area contributed by atoms with Gasteiger partial charge in [-0.1, -0.05) is 28.9 Å².